The molecule has 0 aliphatic carbocycles. The number of ketones is 1. The van der Waals surface area contributed by atoms with Crippen LogP contribution in [0.1, 0.15) is 23.7 Å². The Morgan fingerprint density at radius 2 is 1.62 bits per heavy atom. The van der Waals surface area contributed by atoms with E-state index in [-0.39, 0.29) is 51.4 Å². The van der Waals surface area contributed by atoms with Gasteiger partial charge in [-0.05, 0) is 30.0 Å². The van der Waals surface area contributed by atoms with Crippen LogP contribution in [0.4, 0.5) is 5.69 Å². The smallest absolute Gasteiger partial charge is 0.341 e. The quantitative estimate of drug-likeness (QED) is 0.136. The van der Waals surface area contributed by atoms with E-state index in [1.54, 1.807) is 49.4 Å². The Labute approximate surface area is 211 Å². The second kappa shape index (κ2) is 13.9. The molecular weight excluding hydrogens is 560 g/mol. The summed E-state index contributed by atoms with van der Waals surface area (Å²) in [6.45, 7) is 1.68. The van der Waals surface area contributed by atoms with E-state index in [1.807, 2.05) is 24.5 Å². The Balaban J connectivity index is 0.00000512. The van der Waals surface area contributed by atoms with Gasteiger partial charge in [0.05, 0.1) is 18.1 Å². The third kappa shape index (κ3) is 7.81. The fraction of sp³-hybridized carbons (Fsp3) is 0.348. The Hall–Kier alpha value is -1.52. The predicted molar refractivity (Wildman–Crippen MR) is 131 cm³/mol. The SMILES string of the molecule is CC[N+]([O-])(C(=O)C(CC[S+](C)CC(=O)c1ccccc1)NC(=O)CBr)c1ccccc1.[Br-]. The first-order valence-electron chi connectivity index (χ1n) is 10.0. The fourth-order valence-corrected chi connectivity index (χ4v) is 4.76. The van der Waals surface area contributed by atoms with Crippen LogP contribution in [0.2, 0.25) is 0 Å². The van der Waals surface area contributed by atoms with Gasteiger partial charge in [0.1, 0.15) is 17.5 Å². The first-order chi connectivity index (χ1) is 14.8. The maximum Gasteiger partial charge on any atom is 0.341 e. The van der Waals surface area contributed by atoms with Crippen LogP contribution in [0.3, 0.4) is 0 Å². The number of hydrogen-bond acceptors (Lipinski definition) is 4. The van der Waals surface area contributed by atoms with Crippen molar-refractivity contribution in [3.05, 3.63) is 71.4 Å². The molecule has 0 heterocycles. The number of nitrogens with one attached hydrogen (secondary N) is 1. The molecule has 2 amide bonds. The molecule has 0 aromatic heterocycles. The summed E-state index contributed by atoms with van der Waals surface area (Å²) in [4.78, 5) is 37.7. The van der Waals surface area contributed by atoms with Gasteiger partial charge < -0.3 is 27.5 Å². The highest BCUT2D eigenvalue weighted by molar-refractivity contribution is 9.09. The Kier molecular flexibility index (Phi) is 12.4. The van der Waals surface area contributed by atoms with Crippen LogP contribution in [0, 0.1) is 5.21 Å². The van der Waals surface area contributed by atoms with Gasteiger partial charge in [-0.25, -0.2) is 4.79 Å². The van der Waals surface area contributed by atoms with E-state index in [0.29, 0.717) is 29.2 Å². The van der Waals surface area contributed by atoms with Crippen molar-refractivity contribution in [2.75, 3.05) is 29.6 Å². The number of amides is 2. The molecule has 0 saturated carbocycles. The average molecular weight is 588 g/mol. The first kappa shape index (κ1) is 28.5. The third-order valence-corrected chi connectivity index (χ3v) is 7.15. The highest BCUT2D eigenvalue weighted by Crippen LogP contribution is 2.24. The molecule has 3 atom stereocenters. The van der Waals surface area contributed by atoms with Crippen LogP contribution in [0.25, 0.3) is 0 Å². The van der Waals surface area contributed by atoms with Crippen molar-refractivity contribution in [1.29, 1.82) is 0 Å². The van der Waals surface area contributed by atoms with E-state index in [1.165, 1.54) is 0 Å². The largest absolute Gasteiger partial charge is 1.00 e. The van der Waals surface area contributed by atoms with Crippen molar-refractivity contribution < 1.29 is 31.4 Å². The van der Waals surface area contributed by atoms with Crippen LogP contribution in [0.5, 0.6) is 0 Å². The van der Waals surface area contributed by atoms with Crippen molar-refractivity contribution in [3.8, 4) is 0 Å². The molecule has 174 valence electrons. The van der Waals surface area contributed by atoms with Crippen molar-refractivity contribution in [1.82, 2.24) is 9.96 Å². The molecule has 1 N–H and O–H groups in total. The highest BCUT2D eigenvalue weighted by atomic mass is 79.9. The molecule has 0 radical (unpaired) electrons. The van der Waals surface area contributed by atoms with E-state index in [2.05, 4.69) is 21.2 Å². The summed E-state index contributed by atoms with van der Waals surface area (Å²) in [6, 6.07) is 16.6. The van der Waals surface area contributed by atoms with Gasteiger partial charge in [-0.1, -0.05) is 64.5 Å². The van der Waals surface area contributed by atoms with E-state index in [0.717, 1.165) is 0 Å². The molecule has 0 bridgehead atoms. The minimum absolute atomic E-state index is 0. The van der Waals surface area contributed by atoms with Crippen LogP contribution in [-0.2, 0) is 20.5 Å². The van der Waals surface area contributed by atoms with Crippen molar-refractivity contribution in [2.24, 2.45) is 0 Å². The zero-order valence-electron chi connectivity index (χ0n) is 18.1. The molecule has 0 aliphatic heterocycles. The number of benzene rings is 2. The summed E-state index contributed by atoms with van der Waals surface area (Å²) in [5, 5.41) is 16.2. The number of nitrogens with zero attached hydrogens (tertiary/aromatic N) is 1. The lowest BCUT2D eigenvalue weighted by Crippen LogP contribution is -3.00. The number of hydrogen-bond donors (Lipinski definition) is 1. The van der Waals surface area contributed by atoms with Crippen molar-refractivity contribution in [3.63, 3.8) is 0 Å². The van der Waals surface area contributed by atoms with Crippen LogP contribution < -0.4 is 26.9 Å². The van der Waals surface area contributed by atoms with E-state index in [9.17, 15) is 19.6 Å². The van der Waals surface area contributed by atoms with E-state index in [4.69, 9.17) is 0 Å². The number of hydroxylamine groups is 2. The van der Waals surface area contributed by atoms with Crippen molar-refractivity contribution in [2.45, 2.75) is 19.4 Å². The molecular formula is C23H28Br2N2O4S. The second-order valence-electron chi connectivity index (χ2n) is 7.19. The molecule has 0 aliphatic rings. The molecule has 6 nitrogen and oxygen atoms in total. The molecule has 2 rings (SSSR count). The summed E-state index contributed by atoms with van der Waals surface area (Å²) in [5.74, 6) is 0.00222. The molecule has 3 unspecified atom stereocenters. The Morgan fingerprint density at radius 1 is 1.06 bits per heavy atom. The number of carbonyl (C=O) groups excluding carboxylic acids is 3. The van der Waals surface area contributed by atoms with E-state index < -0.39 is 16.6 Å². The molecule has 0 saturated heterocycles. The summed E-state index contributed by atoms with van der Waals surface area (Å²) >= 11 is 3.09. The Morgan fingerprint density at radius 3 is 2.16 bits per heavy atom. The van der Waals surface area contributed by atoms with Crippen LogP contribution >= 0.6 is 15.9 Å². The van der Waals surface area contributed by atoms with E-state index >= 15 is 0 Å². The minimum Gasteiger partial charge on any atom is -1.00 e. The molecule has 2 aromatic rings. The van der Waals surface area contributed by atoms with Gasteiger partial charge in [0.15, 0.2) is 5.75 Å². The first-order valence-corrected chi connectivity index (χ1v) is 13.1. The van der Waals surface area contributed by atoms with Gasteiger partial charge in [-0.2, -0.15) is 0 Å². The summed E-state index contributed by atoms with van der Waals surface area (Å²) in [5.41, 5.74) is 0.996. The molecule has 32 heavy (non-hydrogen) atoms. The zero-order chi connectivity index (χ0) is 22.9. The van der Waals surface area contributed by atoms with Gasteiger partial charge in [0.25, 0.3) is 0 Å². The van der Waals surface area contributed by atoms with Crippen molar-refractivity contribution >= 4 is 50.1 Å². The Bertz CT molecular complexity index is 886. The predicted octanol–water partition coefficient (Wildman–Crippen LogP) is 0.443. The topological polar surface area (TPSA) is 86.3 Å². The monoisotopic (exact) mass is 586 g/mol. The molecule has 0 fully saturated rings. The lowest BCUT2D eigenvalue weighted by atomic mass is 10.1. The van der Waals surface area contributed by atoms with Gasteiger partial charge in [0.2, 0.25) is 11.7 Å². The van der Waals surface area contributed by atoms with Gasteiger partial charge in [0, 0.05) is 12.0 Å². The normalized spacial score (nSPS) is 14.4. The van der Waals surface area contributed by atoms with Crippen LogP contribution in [-0.4, -0.2) is 53.3 Å². The highest BCUT2D eigenvalue weighted by Gasteiger charge is 2.37. The maximum absolute atomic E-state index is 13.5. The van der Waals surface area contributed by atoms with Gasteiger partial charge in [-0.15, -0.1) is 0 Å². The fourth-order valence-electron chi connectivity index (χ4n) is 3.20. The number of rotatable bonds is 11. The number of quaternary nitrogens is 1. The number of carbonyl (C=O) groups is 3. The standard InChI is InChI=1S/C23H27BrN2O4S.BrH/c1-3-26(30,19-12-8-5-9-13-19)23(29)20(25-22(28)16-24)14-15-31(2)17-21(27)18-10-6-4-7-11-18;/h4-13,20H,3,14-17H2,1-2H3;1H. The minimum atomic E-state index is -1.14. The maximum atomic E-state index is 13.5. The summed E-state index contributed by atoms with van der Waals surface area (Å²) in [7, 11) is -0.301. The molecule has 2 aromatic carbocycles. The summed E-state index contributed by atoms with van der Waals surface area (Å²) < 4.78 is -1.14. The van der Waals surface area contributed by atoms with Gasteiger partial charge >= 0.3 is 5.91 Å². The number of para-hydroxylation sites is 1. The number of likely N-dealkylation sites (N-methyl/N-ethyl adjacent to an activating group) is 1. The number of alkyl halides is 1. The second-order valence-corrected chi connectivity index (χ2v) is 10.0. The van der Waals surface area contributed by atoms with Crippen LogP contribution in [0.15, 0.2) is 60.7 Å². The van der Waals surface area contributed by atoms with Gasteiger partial charge in [-0.3, -0.25) is 14.2 Å². The molecule has 0 spiro atoms. The lowest BCUT2D eigenvalue weighted by molar-refractivity contribution is -0.133. The zero-order valence-corrected chi connectivity index (χ0v) is 22.1. The average Bonchev–Trinajstić information content (AvgIpc) is 2.81. The molecule has 9 heteroatoms. The number of halogens is 2. The third-order valence-electron chi connectivity index (χ3n) is 4.96. The number of Topliss-reactive ketones (excluding diaryl/α,β-unsaturated/α-hetero) is 1. The lowest BCUT2D eigenvalue weighted by Gasteiger charge is -2.40. The summed E-state index contributed by atoms with van der Waals surface area (Å²) in [6.07, 6.45) is 2.26.